The lowest BCUT2D eigenvalue weighted by Gasteiger charge is -2.34. The van der Waals surface area contributed by atoms with Crippen molar-refractivity contribution in [3.8, 4) is 22.3 Å². The summed E-state index contributed by atoms with van der Waals surface area (Å²) in [7, 11) is 0. The van der Waals surface area contributed by atoms with Gasteiger partial charge in [-0.15, -0.1) is 0 Å². The zero-order valence-corrected chi connectivity index (χ0v) is 39.1. The molecule has 0 bridgehead atoms. The van der Waals surface area contributed by atoms with E-state index in [1.165, 1.54) is 93.5 Å². The first-order chi connectivity index (χ1) is 35.1. The van der Waals surface area contributed by atoms with Crippen LogP contribution >= 0.6 is 0 Å². The Morgan fingerprint density at radius 1 is 0.521 bits per heavy atom. The zero-order chi connectivity index (χ0) is 47.0. The number of nitrogens with zero attached hydrogens (tertiary/aromatic N) is 2. The van der Waals surface area contributed by atoms with Crippen LogP contribution < -0.4 is 16.2 Å². The number of hydrogen-bond donors (Lipinski definition) is 1. The summed E-state index contributed by atoms with van der Waals surface area (Å²) in [6, 6.07) is 71.5. The average molecular weight is 906 g/mol. The highest BCUT2D eigenvalue weighted by Crippen LogP contribution is 2.55. The normalized spacial score (nSPS) is 16.6. The minimum absolute atomic E-state index is 0.171. The Bertz CT molecular complexity index is 4200. The van der Waals surface area contributed by atoms with Crippen LogP contribution in [-0.2, 0) is 11.8 Å². The zero-order valence-electron chi connectivity index (χ0n) is 39.1. The van der Waals surface area contributed by atoms with Crippen molar-refractivity contribution < 1.29 is 0 Å². The van der Waals surface area contributed by atoms with Crippen molar-refractivity contribution in [1.29, 1.82) is 0 Å². The van der Waals surface area contributed by atoms with Crippen LogP contribution in [0.2, 0.25) is 0 Å². The Kier molecular flexibility index (Phi) is 9.47. The Morgan fingerprint density at radius 3 is 2.08 bits per heavy atom. The molecule has 0 radical (unpaired) electrons. The SMILES string of the molecule is N/C(c1cccc(C2C=Cc3c(c4ccccc4c4cc(-c5cc6cccnc6c6ncccc56)ccc34)C2)c1)=c1/cc2c(c/c1=C1\C=CC=CC1)C(c1ccccc1)(c1ccccc1)c1ccccc1-2. The van der Waals surface area contributed by atoms with Crippen LogP contribution in [0, 0.1) is 0 Å². The lowest BCUT2D eigenvalue weighted by Crippen LogP contribution is -2.36. The molecule has 2 N–H and O–H groups in total. The van der Waals surface area contributed by atoms with Gasteiger partial charge >= 0.3 is 0 Å². The van der Waals surface area contributed by atoms with E-state index in [4.69, 9.17) is 15.7 Å². The second-order valence-electron chi connectivity index (χ2n) is 19.3. The van der Waals surface area contributed by atoms with E-state index < -0.39 is 5.41 Å². The van der Waals surface area contributed by atoms with Gasteiger partial charge in [0.2, 0.25) is 0 Å². The summed E-state index contributed by atoms with van der Waals surface area (Å²) in [4.78, 5) is 9.53. The van der Waals surface area contributed by atoms with Gasteiger partial charge < -0.3 is 5.73 Å². The molecule has 1 atom stereocenters. The molecule has 0 aliphatic heterocycles. The summed E-state index contributed by atoms with van der Waals surface area (Å²) in [5, 5.41) is 9.53. The molecule has 0 saturated carbocycles. The Morgan fingerprint density at radius 2 is 1.27 bits per heavy atom. The van der Waals surface area contributed by atoms with Crippen molar-refractivity contribution in [2.75, 3.05) is 0 Å². The van der Waals surface area contributed by atoms with E-state index in [9.17, 15) is 0 Å². The third kappa shape index (κ3) is 6.36. The average Bonchev–Trinajstić information content (AvgIpc) is 3.75. The summed E-state index contributed by atoms with van der Waals surface area (Å²) in [6.07, 6.45) is 19.0. The largest absolute Gasteiger partial charge is 0.398 e. The molecule has 0 spiro atoms. The Balaban J connectivity index is 0.906. The molecule has 1 unspecified atom stereocenters. The Hall–Kier alpha value is -8.92. The van der Waals surface area contributed by atoms with Crippen LogP contribution in [0.25, 0.3) is 83.0 Å². The molecule has 0 amide bonds. The van der Waals surface area contributed by atoms with E-state index >= 15 is 0 Å². The highest BCUT2D eigenvalue weighted by atomic mass is 14.7. The molecular formula is C68H47N3. The van der Waals surface area contributed by atoms with Gasteiger partial charge in [-0.2, -0.15) is 0 Å². The fraction of sp³-hybridized carbons (Fsp3) is 0.0588. The van der Waals surface area contributed by atoms with E-state index in [0.717, 1.165) is 51.1 Å². The van der Waals surface area contributed by atoms with Gasteiger partial charge in [0.1, 0.15) is 0 Å². The quantitative estimate of drug-likeness (QED) is 0.175. The first-order valence-electron chi connectivity index (χ1n) is 24.7. The van der Waals surface area contributed by atoms with Gasteiger partial charge in [-0.25, -0.2) is 0 Å². The maximum Gasteiger partial charge on any atom is 0.0970 e. The molecule has 14 rings (SSSR count). The lowest BCUT2D eigenvalue weighted by molar-refractivity contribution is 0.767. The summed E-state index contributed by atoms with van der Waals surface area (Å²) in [5.74, 6) is 0.171. The fourth-order valence-corrected chi connectivity index (χ4v) is 12.4. The van der Waals surface area contributed by atoms with E-state index in [0.29, 0.717) is 0 Å². The molecule has 3 heteroatoms. The molecule has 3 aliphatic rings. The van der Waals surface area contributed by atoms with Crippen LogP contribution in [0.5, 0.6) is 0 Å². The molecule has 3 aliphatic carbocycles. The Labute approximate surface area is 412 Å². The summed E-state index contributed by atoms with van der Waals surface area (Å²) in [5.41, 5.74) is 25.8. The second-order valence-corrected chi connectivity index (χ2v) is 19.3. The highest BCUT2D eigenvalue weighted by Gasteiger charge is 2.46. The van der Waals surface area contributed by atoms with Gasteiger partial charge in [-0.3, -0.25) is 9.97 Å². The van der Waals surface area contributed by atoms with E-state index in [1.54, 1.807) is 0 Å². The summed E-state index contributed by atoms with van der Waals surface area (Å²) >= 11 is 0. The number of rotatable bonds is 5. The second kappa shape index (κ2) is 16.4. The lowest BCUT2D eigenvalue weighted by atomic mass is 9.67. The first kappa shape index (κ1) is 41.1. The van der Waals surface area contributed by atoms with Crippen molar-refractivity contribution in [2.45, 2.75) is 24.2 Å². The molecule has 11 aromatic rings. The van der Waals surface area contributed by atoms with Gasteiger partial charge in [0, 0.05) is 40.0 Å². The molecule has 71 heavy (non-hydrogen) atoms. The van der Waals surface area contributed by atoms with Gasteiger partial charge in [0.15, 0.2) is 0 Å². The van der Waals surface area contributed by atoms with Crippen molar-refractivity contribution in [3.05, 3.63) is 292 Å². The maximum atomic E-state index is 7.59. The highest BCUT2D eigenvalue weighted by molar-refractivity contribution is 6.16. The molecule has 0 fully saturated rings. The monoisotopic (exact) mass is 905 g/mol. The third-order valence-electron chi connectivity index (χ3n) is 15.6. The molecule has 9 aromatic carbocycles. The fourth-order valence-electron chi connectivity index (χ4n) is 12.4. The van der Waals surface area contributed by atoms with Crippen LogP contribution in [-0.4, -0.2) is 9.97 Å². The van der Waals surface area contributed by atoms with Gasteiger partial charge in [-0.05, 0) is 154 Å². The van der Waals surface area contributed by atoms with Crippen LogP contribution in [0.4, 0.5) is 0 Å². The van der Waals surface area contributed by atoms with Crippen LogP contribution in [0.3, 0.4) is 0 Å². The standard InChI is InChI=1S/C68H47N3/c69-65(62-41-61-55-28-12-13-30-63(55)68(49-22-6-2-7-23-49,50-24-8-3-9-25-50)64(61)42-58(62)43-17-4-1-5-18-43)47-20-14-19-44(37-47)45-31-33-53-54-34-32-46(39-60(54)52-27-11-10-26-51(52)59(53)38-45)57-40-48-21-15-35-70-66(48)67-56(57)29-16-36-71-67/h1-17,19-37,39-42,45H,18,38,69H2/b58-43-,65-62-. The number of benzene rings is 9. The predicted octanol–water partition coefficient (Wildman–Crippen LogP) is 14.3. The minimum atomic E-state index is -0.506. The summed E-state index contributed by atoms with van der Waals surface area (Å²) in [6.45, 7) is 0. The van der Waals surface area contributed by atoms with Crippen LogP contribution in [0.1, 0.15) is 56.8 Å². The number of nitrogens with two attached hydrogens (primary N) is 1. The van der Waals surface area contributed by atoms with E-state index in [-0.39, 0.29) is 5.92 Å². The van der Waals surface area contributed by atoms with Crippen molar-refractivity contribution in [2.24, 2.45) is 5.73 Å². The van der Waals surface area contributed by atoms with Crippen molar-refractivity contribution in [3.63, 3.8) is 0 Å². The molecule has 3 nitrogen and oxygen atoms in total. The van der Waals surface area contributed by atoms with E-state index in [2.05, 4.69) is 218 Å². The third-order valence-corrected chi connectivity index (χ3v) is 15.6. The number of fused-ring (bicyclic) bond motifs is 12. The predicted molar refractivity (Wildman–Crippen MR) is 295 cm³/mol. The first-order valence-corrected chi connectivity index (χ1v) is 24.7. The van der Waals surface area contributed by atoms with Crippen LogP contribution in [0.15, 0.2) is 237 Å². The number of hydrogen-bond acceptors (Lipinski definition) is 3. The van der Waals surface area contributed by atoms with Gasteiger partial charge in [0.25, 0.3) is 0 Å². The molecule has 334 valence electrons. The molecule has 2 aromatic heterocycles. The van der Waals surface area contributed by atoms with Crippen molar-refractivity contribution >= 4 is 60.7 Å². The number of aromatic nitrogens is 2. The van der Waals surface area contributed by atoms with E-state index in [1.807, 2.05) is 24.5 Å². The van der Waals surface area contributed by atoms with Crippen molar-refractivity contribution in [1.82, 2.24) is 9.97 Å². The molecule has 0 saturated heterocycles. The summed E-state index contributed by atoms with van der Waals surface area (Å²) < 4.78 is 0. The van der Waals surface area contributed by atoms with Gasteiger partial charge in [-0.1, -0.05) is 188 Å². The number of pyridine rings is 2. The number of allylic oxidation sites excluding steroid dienone is 5. The molecular weight excluding hydrogens is 859 g/mol. The maximum absolute atomic E-state index is 7.59. The topological polar surface area (TPSA) is 51.8 Å². The minimum Gasteiger partial charge on any atom is -0.398 e. The smallest absolute Gasteiger partial charge is 0.0970 e. The molecule has 2 heterocycles. The van der Waals surface area contributed by atoms with Gasteiger partial charge in [0.05, 0.1) is 16.4 Å².